The van der Waals surface area contributed by atoms with Gasteiger partial charge < -0.3 is 14.9 Å². The van der Waals surface area contributed by atoms with E-state index in [1.54, 1.807) is 0 Å². The summed E-state index contributed by atoms with van der Waals surface area (Å²) in [5.74, 6) is -1.91. The maximum absolute atomic E-state index is 11.1. The summed E-state index contributed by atoms with van der Waals surface area (Å²) in [4.78, 5) is 32.6. The molecule has 7 nitrogen and oxygen atoms in total. The number of hydrogen-bond acceptors (Lipinski definition) is 4. The Bertz CT molecular complexity index is 275. The average Bonchev–Trinajstić information content (AvgIpc) is 2.26. The Labute approximate surface area is 78.9 Å². The number of aliphatic carboxylic acids is 1. The van der Waals surface area contributed by atoms with E-state index in [1.165, 1.54) is 0 Å². The number of amides is 2. The zero-order valence-electron chi connectivity index (χ0n) is 7.17. The van der Waals surface area contributed by atoms with Gasteiger partial charge in [-0.05, 0) is 0 Å². The predicted molar refractivity (Wildman–Crippen MR) is 41.7 cm³/mol. The van der Waals surface area contributed by atoms with Crippen molar-refractivity contribution in [2.45, 2.75) is 12.5 Å². The van der Waals surface area contributed by atoms with Crippen LogP contribution >= 0.6 is 0 Å². The zero-order chi connectivity index (χ0) is 10.7. The zero-order valence-corrected chi connectivity index (χ0v) is 7.17. The summed E-state index contributed by atoms with van der Waals surface area (Å²) in [5, 5.41) is 17.2. The largest absolute Gasteiger partial charge is 0.479 e. The second kappa shape index (κ2) is 4.05. The summed E-state index contributed by atoms with van der Waals surface area (Å²) < 4.78 is 4.79. The Morgan fingerprint density at radius 2 is 2.07 bits per heavy atom. The van der Waals surface area contributed by atoms with Gasteiger partial charge in [-0.15, -0.1) is 0 Å². The van der Waals surface area contributed by atoms with E-state index in [2.05, 4.69) is 0 Å². The van der Waals surface area contributed by atoms with E-state index in [0.29, 0.717) is 4.90 Å². The molecule has 2 N–H and O–H groups in total. The number of carbonyl (C=O) groups excluding carboxylic acids is 1. The van der Waals surface area contributed by atoms with Crippen LogP contribution in [-0.4, -0.2) is 52.3 Å². The lowest BCUT2D eigenvalue weighted by Gasteiger charge is -2.16. The fourth-order valence-electron chi connectivity index (χ4n) is 1.08. The molecule has 1 heterocycles. The minimum atomic E-state index is -1.45. The molecule has 14 heavy (non-hydrogen) atoms. The molecule has 2 amide bonds. The van der Waals surface area contributed by atoms with Crippen molar-refractivity contribution < 1.29 is 29.3 Å². The third-order valence-corrected chi connectivity index (χ3v) is 1.79. The number of imide groups is 1. The molecule has 0 spiro atoms. The fourth-order valence-corrected chi connectivity index (χ4v) is 1.08. The van der Waals surface area contributed by atoms with E-state index in [-0.39, 0.29) is 13.0 Å². The number of carboxylic acid groups (broad SMARTS) is 2. The molecule has 78 valence electrons. The van der Waals surface area contributed by atoms with Gasteiger partial charge in [0.1, 0.15) is 0 Å². The Balaban J connectivity index is 2.77. The van der Waals surface area contributed by atoms with Crippen molar-refractivity contribution in [3.8, 4) is 0 Å². The van der Waals surface area contributed by atoms with E-state index >= 15 is 0 Å². The first-order valence-corrected chi connectivity index (χ1v) is 3.90. The van der Waals surface area contributed by atoms with E-state index in [4.69, 9.17) is 14.9 Å². The number of ether oxygens (including phenoxy) is 1. The quantitative estimate of drug-likeness (QED) is 0.587. The van der Waals surface area contributed by atoms with Crippen molar-refractivity contribution in [3.63, 3.8) is 0 Å². The van der Waals surface area contributed by atoms with Gasteiger partial charge in [0, 0.05) is 0 Å². The Morgan fingerprint density at radius 3 is 2.57 bits per heavy atom. The van der Waals surface area contributed by atoms with E-state index < -0.39 is 30.6 Å². The SMILES string of the molecule is O=C(O)[C@@H]1CN(C(=O)O)C(=O)CCO1. The second-order valence-corrected chi connectivity index (χ2v) is 2.73. The van der Waals surface area contributed by atoms with Crippen LogP contribution in [0.15, 0.2) is 0 Å². The molecule has 0 aliphatic carbocycles. The van der Waals surface area contributed by atoms with Crippen molar-refractivity contribution in [1.29, 1.82) is 0 Å². The first-order valence-electron chi connectivity index (χ1n) is 3.90. The highest BCUT2D eigenvalue weighted by atomic mass is 16.5. The van der Waals surface area contributed by atoms with Gasteiger partial charge in [0.05, 0.1) is 19.6 Å². The number of rotatable bonds is 1. The van der Waals surface area contributed by atoms with Crippen LogP contribution in [0.1, 0.15) is 6.42 Å². The van der Waals surface area contributed by atoms with E-state index in [0.717, 1.165) is 0 Å². The molecule has 0 aromatic carbocycles. The van der Waals surface area contributed by atoms with Gasteiger partial charge in [0.2, 0.25) is 5.91 Å². The number of carboxylic acids is 1. The van der Waals surface area contributed by atoms with Crippen molar-refractivity contribution in [2.75, 3.05) is 13.2 Å². The van der Waals surface area contributed by atoms with Gasteiger partial charge in [0.15, 0.2) is 6.10 Å². The van der Waals surface area contributed by atoms with Gasteiger partial charge in [-0.3, -0.25) is 4.79 Å². The molecule has 1 fully saturated rings. The average molecular weight is 203 g/mol. The highest BCUT2D eigenvalue weighted by Crippen LogP contribution is 2.07. The maximum atomic E-state index is 11.1. The monoisotopic (exact) mass is 203 g/mol. The maximum Gasteiger partial charge on any atom is 0.414 e. The van der Waals surface area contributed by atoms with Crippen LogP contribution in [0.4, 0.5) is 4.79 Å². The summed E-state index contributed by atoms with van der Waals surface area (Å²) in [6.45, 7) is -0.525. The van der Waals surface area contributed by atoms with Crippen LogP contribution in [0.2, 0.25) is 0 Å². The molecular weight excluding hydrogens is 194 g/mol. The number of nitrogens with zero attached hydrogens (tertiary/aromatic N) is 1. The topological polar surface area (TPSA) is 104 Å². The smallest absolute Gasteiger partial charge is 0.414 e. The molecule has 1 rings (SSSR count). The molecule has 0 aromatic heterocycles. The second-order valence-electron chi connectivity index (χ2n) is 2.73. The predicted octanol–water partition coefficient (Wildman–Crippen LogP) is -0.633. The van der Waals surface area contributed by atoms with Gasteiger partial charge in [-0.1, -0.05) is 0 Å². The summed E-state index contributed by atoms with van der Waals surface area (Å²) in [6.07, 6.45) is -2.83. The summed E-state index contributed by atoms with van der Waals surface area (Å²) in [7, 11) is 0. The summed E-state index contributed by atoms with van der Waals surface area (Å²) in [5.41, 5.74) is 0. The van der Waals surface area contributed by atoms with Crippen LogP contribution in [0.5, 0.6) is 0 Å². The van der Waals surface area contributed by atoms with Crippen LogP contribution in [-0.2, 0) is 14.3 Å². The lowest BCUT2D eigenvalue weighted by atomic mass is 10.3. The molecular formula is C7H9NO6. The van der Waals surface area contributed by atoms with E-state index in [9.17, 15) is 14.4 Å². The molecule has 0 bridgehead atoms. The standard InChI is InChI=1S/C7H9NO6/c9-5-1-2-14-4(6(10)11)3-8(5)7(12)13/h4H,1-3H2,(H,10,11)(H,12,13)/t4-/m0/s1. The number of hydrogen-bond donors (Lipinski definition) is 2. The Morgan fingerprint density at radius 1 is 1.43 bits per heavy atom. The molecule has 1 aliphatic heterocycles. The van der Waals surface area contributed by atoms with Crippen molar-refractivity contribution in [2.24, 2.45) is 0 Å². The summed E-state index contributed by atoms with van der Waals surface area (Å²) >= 11 is 0. The first kappa shape index (κ1) is 10.5. The Kier molecular flexibility index (Phi) is 3.03. The minimum absolute atomic E-state index is 0.0699. The molecule has 1 atom stereocenters. The highest BCUT2D eigenvalue weighted by Gasteiger charge is 2.31. The van der Waals surface area contributed by atoms with Crippen LogP contribution in [0.25, 0.3) is 0 Å². The Hall–Kier alpha value is -1.63. The van der Waals surface area contributed by atoms with Crippen molar-refractivity contribution in [3.05, 3.63) is 0 Å². The van der Waals surface area contributed by atoms with Gasteiger partial charge >= 0.3 is 12.1 Å². The fraction of sp³-hybridized carbons (Fsp3) is 0.571. The summed E-state index contributed by atoms with van der Waals surface area (Å²) in [6, 6.07) is 0. The minimum Gasteiger partial charge on any atom is -0.479 e. The van der Waals surface area contributed by atoms with Gasteiger partial charge in [-0.2, -0.15) is 0 Å². The molecule has 1 saturated heterocycles. The molecule has 7 heteroatoms. The van der Waals surface area contributed by atoms with E-state index in [1.807, 2.05) is 0 Å². The molecule has 0 saturated carbocycles. The third kappa shape index (κ3) is 2.19. The first-order chi connectivity index (χ1) is 6.52. The van der Waals surface area contributed by atoms with Crippen molar-refractivity contribution >= 4 is 18.0 Å². The highest BCUT2D eigenvalue weighted by molar-refractivity contribution is 5.92. The van der Waals surface area contributed by atoms with Gasteiger partial charge in [0.25, 0.3) is 0 Å². The van der Waals surface area contributed by atoms with Crippen LogP contribution < -0.4 is 0 Å². The lowest BCUT2D eigenvalue weighted by molar-refractivity contribution is -0.150. The normalized spacial score (nSPS) is 23.0. The lowest BCUT2D eigenvalue weighted by Crippen LogP contribution is -2.41. The van der Waals surface area contributed by atoms with Gasteiger partial charge in [-0.25, -0.2) is 14.5 Å². The van der Waals surface area contributed by atoms with Crippen molar-refractivity contribution in [1.82, 2.24) is 4.90 Å². The number of carbonyl (C=O) groups is 3. The molecule has 1 aliphatic rings. The van der Waals surface area contributed by atoms with Crippen LogP contribution in [0, 0.1) is 0 Å². The third-order valence-electron chi connectivity index (χ3n) is 1.79. The molecule has 0 aromatic rings. The molecule has 0 radical (unpaired) electrons. The molecule has 0 unspecified atom stereocenters. The van der Waals surface area contributed by atoms with Crippen LogP contribution in [0.3, 0.4) is 0 Å².